The minimum atomic E-state index is -3.57. The molecule has 0 spiro atoms. The molecule has 0 aromatic heterocycles. The summed E-state index contributed by atoms with van der Waals surface area (Å²) < 4.78 is 37.9. The van der Waals surface area contributed by atoms with Crippen LogP contribution in [0.4, 0.5) is 5.69 Å². The molecule has 0 unspecified atom stereocenters. The van der Waals surface area contributed by atoms with E-state index in [-0.39, 0.29) is 12.5 Å². The summed E-state index contributed by atoms with van der Waals surface area (Å²) in [6.07, 6.45) is 1.17. The van der Waals surface area contributed by atoms with E-state index < -0.39 is 10.0 Å². The van der Waals surface area contributed by atoms with Gasteiger partial charge in [0.2, 0.25) is 10.0 Å². The number of anilines is 1. The molecule has 0 radical (unpaired) electrons. The lowest BCUT2D eigenvalue weighted by atomic mass is 10.0. The predicted octanol–water partition coefficient (Wildman–Crippen LogP) is 4.98. The Kier molecular flexibility index (Phi) is 9.36. The maximum Gasteiger partial charge on any atom is 0.251 e. The van der Waals surface area contributed by atoms with Crippen LogP contribution in [0.5, 0.6) is 11.5 Å². The van der Waals surface area contributed by atoms with Crippen molar-refractivity contribution in [2.75, 3.05) is 30.3 Å². The predicted molar refractivity (Wildman–Crippen MR) is 143 cm³/mol. The van der Waals surface area contributed by atoms with Crippen molar-refractivity contribution in [2.45, 2.75) is 33.2 Å². The van der Waals surface area contributed by atoms with E-state index in [9.17, 15) is 13.2 Å². The molecule has 1 amide bonds. The van der Waals surface area contributed by atoms with Crippen LogP contribution >= 0.6 is 0 Å². The van der Waals surface area contributed by atoms with Gasteiger partial charge >= 0.3 is 0 Å². The monoisotopic (exact) mass is 510 g/mol. The van der Waals surface area contributed by atoms with Gasteiger partial charge in [0.25, 0.3) is 5.91 Å². The van der Waals surface area contributed by atoms with Gasteiger partial charge in [-0.1, -0.05) is 56.3 Å². The number of hydrogen-bond acceptors (Lipinski definition) is 5. The topological polar surface area (TPSA) is 84.9 Å². The lowest BCUT2D eigenvalue weighted by Gasteiger charge is -2.24. The van der Waals surface area contributed by atoms with E-state index >= 15 is 0 Å². The Hall–Kier alpha value is -3.52. The first-order chi connectivity index (χ1) is 17.2. The number of carbonyl (C=O) groups excluding carboxylic acids is 1. The van der Waals surface area contributed by atoms with Crippen LogP contribution in [0.15, 0.2) is 72.8 Å². The zero-order chi connectivity index (χ0) is 26.1. The van der Waals surface area contributed by atoms with Gasteiger partial charge in [0.1, 0.15) is 18.1 Å². The van der Waals surface area contributed by atoms with Crippen LogP contribution in [-0.4, -0.2) is 40.3 Å². The Labute approximate surface area is 214 Å². The quantitative estimate of drug-likeness (QED) is 0.347. The minimum Gasteiger partial charge on any atom is -0.492 e. The highest BCUT2D eigenvalue weighted by Gasteiger charge is 2.21. The van der Waals surface area contributed by atoms with E-state index in [0.717, 1.165) is 16.9 Å². The van der Waals surface area contributed by atoms with Gasteiger partial charge in [-0.2, -0.15) is 0 Å². The number of nitrogens with one attached hydrogen (secondary N) is 1. The summed E-state index contributed by atoms with van der Waals surface area (Å²) in [5.41, 5.74) is 2.84. The number of ether oxygens (including phenoxy) is 2. The number of amides is 1. The summed E-state index contributed by atoms with van der Waals surface area (Å²) in [6.45, 7) is 7.34. The maximum absolute atomic E-state index is 12.6. The third-order valence-corrected chi connectivity index (χ3v) is 6.69. The van der Waals surface area contributed by atoms with Crippen molar-refractivity contribution >= 4 is 21.6 Å². The zero-order valence-corrected chi connectivity index (χ0v) is 22.0. The molecule has 0 fully saturated rings. The Bertz CT molecular complexity index is 1260. The molecule has 0 saturated carbocycles. The van der Waals surface area contributed by atoms with Crippen LogP contribution in [0.1, 0.15) is 48.2 Å². The number of carbonyl (C=O) groups is 1. The summed E-state index contributed by atoms with van der Waals surface area (Å²) in [5, 5.41) is 2.86. The standard InChI is InChI=1S/C28H34N2O5S/c1-5-34-27-13-9-7-11-25(27)30(36(4,32)33)20-22-14-16-23(17-15-22)28(31)29-18-19-35-26-12-8-6-10-24(26)21(2)3/h6-17,21H,5,18-20H2,1-4H3,(H,29,31). The number of nitrogens with zero attached hydrogens (tertiary/aromatic N) is 1. The second-order valence-corrected chi connectivity index (χ2v) is 10.6. The number of hydrogen-bond donors (Lipinski definition) is 1. The van der Waals surface area contributed by atoms with E-state index in [2.05, 4.69) is 19.2 Å². The van der Waals surface area contributed by atoms with Crippen molar-refractivity contribution in [3.05, 3.63) is 89.5 Å². The fraction of sp³-hybridized carbons (Fsp3) is 0.321. The molecule has 3 aromatic carbocycles. The molecule has 1 N–H and O–H groups in total. The lowest BCUT2D eigenvalue weighted by molar-refractivity contribution is 0.0947. The summed E-state index contributed by atoms with van der Waals surface area (Å²) in [7, 11) is -3.57. The largest absolute Gasteiger partial charge is 0.492 e. The van der Waals surface area contributed by atoms with E-state index in [1.165, 1.54) is 10.6 Å². The molecule has 7 nitrogen and oxygen atoms in total. The van der Waals surface area contributed by atoms with Crippen LogP contribution in [-0.2, 0) is 16.6 Å². The summed E-state index contributed by atoms with van der Waals surface area (Å²) >= 11 is 0. The van der Waals surface area contributed by atoms with Crippen LogP contribution in [0.25, 0.3) is 0 Å². The SMILES string of the molecule is CCOc1ccccc1N(Cc1ccc(C(=O)NCCOc2ccccc2C(C)C)cc1)S(C)(=O)=O. The highest BCUT2D eigenvalue weighted by molar-refractivity contribution is 7.92. The van der Waals surface area contributed by atoms with Gasteiger partial charge in [-0.05, 0) is 54.3 Å². The first-order valence-electron chi connectivity index (χ1n) is 12.0. The molecular weight excluding hydrogens is 476 g/mol. The number of para-hydroxylation sites is 3. The third-order valence-electron chi connectivity index (χ3n) is 5.56. The summed E-state index contributed by atoms with van der Waals surface area (Å²) in [6, 6.07) is 21.8. The Morgan fingerprint density at radius 3 is 2.19 bits per heavy atom. The fourth-order valence-corrected chi connectivity index (χ4v) is 4.66. The van der Waals surface area contributed by atoms with Crippen molar-refractivity contribution in [3.63, 3.8) is 0 Å². The van der Waals surface area contributed by atoms with Crippen molar-refractivity contribution in [3.8, 4) is 11.5 Å². The third kappa shape index (κ3) is 7.24. The number of benzene rings is 3. The van der Waals surface area contributed by atoms with Gasteiger partial charge in [-0.25, -0.2) is 8.42 Å². The van der Waals surface area contributed by atoms with E-state index in [4.69, 9.17) is 9.47 Å². The Morgan fingerprint density at radius 2 is 1.56 bits per heavy atom. The highest BCUT2D eigenvalue weighted by atomic mass is 32.2. The van der Waals surface area contributed by atoms with E-state index in [1.54, 1.807) is 48.5 Å². The molecular formula is C28H34N2O5S. The van der Waals surface area contributed by atoms with Gasteiger partial charge in [-0.3, -0.25) is 9.10 Å². The molecule has 8 heteroatoms. The fourth-order valence-electron chi connectivity index (χ4n) is 3.77. The Balaban J connectivity index is 1.61. The van der Waals surface area contributed by atoms with Crippen molar-refractivity contribution in [1.29, 1.82) is 0 Å². The average Bonchev–Trinajstić information content (AvgIpc) is 2.85. The van der Waals surface area contributed by atoms with Gasteiger partial charge in [0, 0.05) is 5.56 Å². The average molecular weight is 511 g/mol. The molecule has 36 heavy (non-hydrogen) atoms. The highest BCUT2D eigenvalue weighted by Crippen LogP contribution is 2.31. The number of sulfonamides is 1. The molecule has 0 heterocycles. The second kappa shape index (κ2) is 12.4. The molecule has 0 bridgehead atoms. The lowest BCUT2D eigenvalue weighted by Crippen LogP contribution is -2.30. The molecule has 0 aliphatic carbocycles. The van der Waals surface area contributed by atoms with E-state index in [0.29, 0.717) is 42.7 Å². The summed E-state index contributed by atoms with van der Waals surface area (Å²) in [5.74, 6) is 1.46. The molecule has 3 rings (SSSR count). The van der Waals surface area contributed by atoms with Gasteiger partial charge in [0.15, 0.2) is 0 Å². The van der Waals surface area contributed by atoms with Crippen molar-refractivity contribution < 1.29 is 22.7 Å². The first-order valence-corrected chi connectivity index (χ1v) is 13.8. The van der Waals surface area contributed by atoms with Gasteiger partial charge in [0.05, 0.1) is 31.6 Å². The summed E-state index contributed by atoms with van der Waals surface area (Å²) in [4.78, 5) is 12.6. The normalized spacial score (nSPS) is 11.2. The van der Waals surface area contributed by atoms with Gasteiger partial charge < -0.3 is 14.8 Å². The molecule has 0 aliphatic heterocycles. The second-order valence-electron chi connectivity index (χ2n) is 8.66. The smallest absolute Gasteiger partial charge is 0.251 e. The molecule has 0 aliphatic rings. The van der Waals surface area contributed by atoms with Crippen molar-refractivity contribution in [2.24, 2.45) is 0 Å². The van der Waals surface area contributed by atoms with Crippen LogP contribution < -0.4 is 19.1 Å². The molecule has 0 atom stereocenters. The molecule has 192 valence electrons. The number of rotatable bonds is 12. The zero-order valence-electron chi connectivity index (χ0n) is 21.2. The first kappa shape index (κ1) is 27.1. The maximum atomic E-state index is 12.6. The van der Waals surface area contributed by atoms with Crippen LogP contribution in [0.2, 0.25) is 0 Å². The van der Waals surface area contributed by atoms with Crippen molar-refractivity contribution in [1.82, 2.24) is 5.32 Å². The molecule has 0 saturated heterocycles. The van der Waals surface area contributed by atoms with E-state index in [1.807, 2.05) is 31.2 Å². The van der Waals surface area contributed by atoms with Crippen LogP contribution in [0, 0.1) is 0 Å². The van der Waals surface area contributed by atoms with Gasteiger partial charge in [-0.15, -0.1) is 0 Å². The Morgan fingerprint density at radius 1 is 0.917 bits per heavy atom. The molecule has 3 aromatic rings. The van der Waals surface area contributed by atoms with Crippen LogP contribution in [0.3, 0.4) is 0 Å². The minimum absolute atomic E-state index is 0.119.